The molecule has 0 bridgehead atoms. The van der Waals surface area contributed by atoms with Gasteiger partial charge in [0, 0.05) is 5.02 Å². The molecular weight excluding hydrogens is 278 g/mol. The molecule has 0 aliphatic heterocycles. The molecule has 3 rings (SSSR count). The summed E-state index contributed by atoms with van der Waals surface area (Å²) in [6.07, 6.45) is 5.12. The van der Waals surface area contributed by atoms with Gasteiger partial charge >= 0.3 is 0 Å². The first-order valence-electron chi connectivity index (χ1n) is 7.88. The van der Waals surface area contributed by atoms with Gasteiger partial charge in [-0.05, 0) is 66.6 Å². The number of benzene rings is 2. The van der Waals surface area contributed by atoms with E-state index in [9.17, 15) is 0 Å². The van der Waals surface area contributed by atoms with Crippen molar-refractivity contribution in [2.45, 2.75) is 38.6 Å². The number of fused-ring (bicyclic) bond motifs is 1. The topological polar surface area (TPSA) is 12.0 Å². The van der Waals surface area contributed by atoms with Gasteiger partial charge in [0.15, 0.2) is 0 Å². The molecule has 1 aliphatic carbocycles. The van der Waals surface area contributed by atoms with Crippen LogP contribution in [0.2, 0.25) is 5.02 Å². The predicted octanol–water partition coefficient (Wildman–Crippen LogP) is 4.92. The molecule has 2 aromatic carbocycles. The molecule has 0 amide bonds. The Hall–Kier alpha value is -1.31. The van der Waals surface area contributed by atoms with Gasteiger partial charge in [0.25, 0.3) is 0 Å². The molecule has 1 unspecified atom stereocenters. The van der Waals surface area contributed by atoms with E-state index >= 15 is 0 Å². The third kappa shape index (κ3) is 3.30. The second-order valence-electron chi connectivity index (χ2n) is 5.78. The fraction of sp³-hybridized carbons (Fsp3) is 0.368. The molecule has 0 aromatic heterocycles. The van der Waals surface area contributed by atoms with Crippen LogP contribution in [0.1, 0.15) is 48.1 Å². The van der Waals surface area contributed by atoms with E-state index in [0.29, 0.717) is 0 Å². The lowest BCUT2D eigenvalue weighted by molar-refractivity contribution is 0.625. The number of hydrogen-bond acceptors (Lipinski definition) is 1. The lowest BCUT2D eigenvalue weighted by atomic mass is 9.88. The van der Waals surface area contributed by atoms with Gasteiger partial charge in [-0.1, -0.05) is 48.9 Å². The summed E-state index contributed by atoms with van der Waals surface area (Å²) in [5, 5.41) is 4.39. The lowest BCUT2D eigenvalue weighted by Crippen LogP contribution is -2.22. The molecule has 0 radical (unpaired) electrons. The van der Waals surface area contributed by atoms with Gasteiger partial charge in [-0.3, -0.25) is 0 Å². The predicted molar refractivity (Wildman–Crippen MR) is 90.1 cm³/mol. The quantitative estimate of drug-likeness (QED) is 0.845. The molecule has 0 saturated carbocycles. The molecular formula is C19H22ClN. The summed E-state index contributed by atoms with van der Waals surface area (Å²) in [5.74, 6) is 0. The average molecular weight is 300 g/mol. The maximum Gasteiger partial charge on any atom is 0.0576 e. The van der Waals surface area contributed by atoms with Crippen LogP contribution in [0.3, 0.4) is 0 Å². The number of rotatable bonds is 4. The van der Waals surface area contributed by atoms with Gasteiger partial charge in [0.2, 0.25) is 0 Å². The molecule has 21 heavy (non-hydrogen) atoms. The first-order chi connectivity index (χ1) is 10.3. The first kappa shape index (κ1) is 14.6. The molecule has 2 aromatic rings. The average Bonchev–Trinajstić information content (AvgIpc) is 2.53. The zero-order valence-electron chi connectivity index (χ0n) is 12.5. The Morgan fingerprint density at radius 1 is 0.952 bits per heavy atom. The summed E-state index contributed by atoms with van der Waals surface area (Å²) < 4.78 is 0. The van der Waals surface area contributed by atoms with Gasteiger partial charge in [0.1, 0.15) is 0 Å². The molecule has 0 fully saturated rings. The monoisotopic (exact) mass is 299 g/mol. The summed E-state index contributed by atoms with van der Waals surface area (Å²) in [5.41, 5.74) is 5.71. The van der Waals surface area contributed by atoms with E-state index < -0.39 is 0 Å². The third-order valence-corrected chi connectivity index (χ3v) is 4.57. The van der Waals surface area contributed by atoms with Gasteiger partial charge in [0.05, 0.1) is 6.04 Å². The van der Waals surface area contributed by atoms with E-state index in [1.54, 1.807) is 0 Å². The van der Waals surface area contributed by atoms with Gasteiger partial charge in [-0.2, -0.15) is 0 Å². The molecule has 2 heteroatoms. The van der Waals surface area contributed by atoms with E-state index in [0.717, 1.165) is 11.6 Å². The van der Waals surface area contributed by atoms with Crippen molar-refractivity contribution in [2.75, 3.05) is 6.54 Å². The van der Waals surface area contributed by atoms with Crippen LogP contribution in [0, 0.1) is 0 Å². The van der Waals surface area contributed by atoms with Crippen LogP contribution in [0.25, 0.3) is 0 Å². The molecule has 110 valence electrons. The van der Waals surface area contributed by atoms with Crippen molar-refractivity contribution in [2.24, 2.45) is 0 Å². The van der Waals surface area contributed by atoms with Crippen molar-refractivity contribution in [1.82, 2.24) is 5.32 Å². The second-order valence-corrected chi connectivity index (χ2v) is 6.21. The smallest absolute Gasteiger partial charge is 0.0576 e. The summed E-state index contributed by atoms with van der Waals surface area (Å²) in [6.45, 7) is 3.10. The summed E-state index contributed by atoms with van der Waals surface area (Å²) in [6, 6.07) is 15.4. The molecule has 1 N–H and O–H groups in total. The van der Waals surface area contributed by atoms with Gasteiger partial charge < -0.3 is 5.32 Å². The Morgan fingerprint density at radius 2 is 1.62 bits per heavy atom. The van der Waals surface area contributed by atoms with Crippen LogP contribution < -0.4 is 5.32 Å². The molecule has 0 saturated heterocycles. The van der Waals surface area contributed by atoms with Gasteiger partial charge in [-0.25, -0.2) is 0 Å². The van der Waals surface area contributed by atoms with Crippen LogP contribution in [0.4, 0.5) is 0 Å². The minimum Gasteiger partial charge on any atom is -0.307 e. The lowest BCUT2D eigenvalue weighted by Gasteiger charge is -2.22. The number of nitrogens with one attached hydrogen (secondary N) is 1. The van der Waals surface area contributed by atoms with E-state index in [2.05, 4.69) is 42.6 Å². The fourth-order valence-electron chi connectivity index (χ4n) is 3.22. The number of halogens is 1. The molecule has 1 nitrogen and oxygen atoms in total. The Bertz CT molecular complexity index is 603. The molecule has 0 heterocycles. The van der Waals surface area contributed by atoms with Crippen LogP contribution >= 0.6 is 11.6 Å². The van der Waals surface area contributed by atoms with Crippen LogP contribution in [-0.4, -0.2) is 6.54 Å². The fourth-order valence-corrected chi connectivity index (χ4v) is 3.35. The Balaban J connectivity index is 1.95. The Labute approximate surface area is 132 Å². The normalized spacial score (nSPS) is 15.5. The number of aryl methyl sites for hydroxylation is 2. The van der Waals surface area contributed by atoms with E-state index in [1.807, 2.05) is 12.1 Å². The molecule has 1 aliphatic rings. The minimum absolute atomic E-state index is 0.250. The van der Waals surface area contributed by atoms with Crippen molar-refractivity contribution < 1.29 is 0 Å². The second kappa shape index (κ2) is 6.64. The van der Waals surface area contributed by atoms with Gasteiger partial charge in [-0.15, -0.1) is 0 Å². The SMILES string of the molecule is CCNC(c1ccc(Cl)cc1)c1ccc2c(c1)CCCC2. The summed E-state index contributed by atoms with van der Waals surface area (Å²) in [4.78, 5) is 0. The highest BCUT2D eigenvalue weighted by Crippen LogP contribution is 2.28. The highest BCUT2D eigenvalue weighted by Gasteiger charge is 2.16. The molecule has 0 spiro atoms. The standard InChI is InChI=1S/C19H22ClN/c1-2-21-19(15-9-11-18(20)12-10-15)17-8-7-14-5-3-4-6-16(14)13-17/h7-13,19,21H,2-6H2,1H3. The van der Waals surface area contributed by atoms with Crippen molar-refractivity contribution in [1.29, 1.82) is 0 Å². The summed E-state index contributed by atoms with van der Waals surface area (Å²) in [7, 11) is 0. The Kier molecular flexibility index (Phi) is 4.62. The molecule has 1 atom stereocenters. The van der Waals surface area contributed by atoms with Crippen molar-refractivity contribution in [3.05, 3.63) is 69.7 Å². The van der Waals surface area contributed by atoms with E-state index in [4.69, 9.17) is 11.6 Å². The van der Waals surface area contributed by atoms with Crippen molar-refractivity contribution >= 4 is 11.6 Å². The zero-order chi connectivity index (χ0) is 14.7. The first-order valence-corrected chi connectivity index (χ1v) is 8.26. The highest BCUT2D eigenvalue weighted by molar-refractivity contribution is 6.30. The van der Waals surface area contributed by atoms with Crippen molar-refractivity contribution in [3.8, 4) is 0 Å². The Morgan fingerprint density at radius 3 is 2.33 bits per heavy atom. The van der Waals surface area contributed by atoms with E-state index in [-0.39, 0.29) is 6.04 Å². The largest absolute Gasteiger partial charge is 0.307 e. The van der Waals surface area contributed by atoms with Crippen LogP contribution in [0.15, 0.2) is 42.5 Å². The highest BCUT2D eigenvalue weighted by atomic mass is 35.5. The maximum absolute atomic E-state index is 6.01. The van der Waals surface area contributed by atoms with Crippen LogP contribution in [-0.2, 0) is 12.8 Å². The third-order valence-electron chi connectivity index (χ3n) is 4.32. The number of hydrogen-bond donors (Lipinski definition) is 1. The van der Waals surface area contributed by atoms with Crippen molar-refractivity contribution in [3.63, 3.8) is 0 Å². The zero-order valence-corrected chi connectivity index (χ0v) is 13.3. The van der Waals surface area contributed by atoms with E-state index in [1.165, 1.54) is 47.9 Å². The van der Waals surface area contributed by atoms with Crippen LogP contribution in [0.5, 0.6) is 0 Å². The minimum atomic E-state index is 0.250. The summed E-state index contributed by atoms with van der Waals surface area (Å²) >= 11 is 6.01. The maximum atomic E-state index is 6.01.